The molecule has 1 atom stereocenters. The fraction of sp³-hybridized carbons (Fsp3) is 0.278. The molecule has 4 aromatic rings. The molecule has 0 aliphatic carbocycles. The maximum Gasteiger partial charge on any atom is 0.264 e. The summed E-state index contributed by atoms with van der Waals surface area (Å²) in [5.41, 5.74) is 1.76. The van der Waals surface area contributed by atoms with E-state index in [1.54, 1.807) is 54.6 Å². The zero-order valence-electron chi connectivity index (χ0n) is 26.4. The second-order valence-electron chi connectivity index (χ2n) is 10.9. The molecule has 4 rings (SSSR count). The van der Waals surface area contributed by atoms with Gasteiger partial charge in [-0.25, -0.2) is 8.42 Å². The third-order valence-corrected chi connectivity index (χ3v) is 10.2. The number of amides is 2. The number of hydrogen-bond acceptors (Lipinski definition) is 5. The van der Waals surface area contributed by atoms with Crippen LogP contribution in [0.3, 0.4) is 0 Å². The number of unbranched alkanes of at least 4 members (excludes halogenated alkanes) is 1. The minimum atomic E-state index is -4.23. The third kappa shape index (κ3) is 9.82. The van der Waals surface area contributed by atoms with E-state index in [9.17, 15) is 18.0 Å². The quantitative estimate of drug-likeness (QED) is 0.122. The summed E-state index contributed by atoms with van der Waals surface area (Å²) in [4.78, 5) is 29.9. The van der Waals surface area contributed by atoms with Crippen LogP contribution in [-0.4, -0.2) is 50.9 Å². The summed E-state index contributed by atoms with van der Waals surface area (Å²) in [5, 5.41) is 3.42. The van der Waals surface area contributed by atoms with Gasteiger partial charge in [0.2, 0.25) is 11.8 Å². The van der Waals surface area contributed by atoms with Gasteiger partial charge in [0, 0.05) is 29.0 Å². The lowest BCUT2D eigenvalue weighted by Crippen LogP contribution is -2.53. The van der Waals surface area contributed by atoms with E-state index in [4.69, 9.17) is 16.3 Å². The summed E-state index contributed by atoms with van der Waals surface area (Å²) in [6, 6.07) is 28.3. The van der Waals surface area contributed by atoms with Crippen LogP contribution < -0.4 is 14.4 Å². The average molecular weight is 741 g/mol. The second-order valence-corrected chi connectivity index (χ2v) is 14.0. The summed E-state index contributed by atoms with van der Waals surface area (Å²) >= 11 is 9.93. The van der Waals surface area contributed by atoms with Gasteiger partial charge in [-0.05, 0) is 79.1 Å². The van der Waals surface area contributed by atoms with Gasteiger partial charge in [-0.15, -0.1) is 0 Å². The van der Waals surface area contributed by atoms with Crippen LogP contribution in [0, 0.1) is 0 Å². The van der Waals surface area contributed by atoms with E-state index in [1.165, 1.54) is 17.0 Å². The number of rotatable bonds is 16. The smallest absolute Gasteiger partial charge is 0.264 e. The maximum atomic E-state index is 14.6. The van der Waals surface area contributed by atoms with Gasteiger partial charge in [0.05, 0.1) is 17.2 Å². The Hall–Kier alpha value is -3.86. The largest absolute Gasteiger partial charge is 0.494 e. The highest BCUT2D eigenvalue weighted by Gasteiger charge is 2.35. The van der Waals surface area contributed by atoms with Crippen molar-refractivity contribution in [1.82, 2.24) is 10.2 Å². The molecule has 1 unspecified atom stereocenters. The fourth-order valence-electron chi connectivity index (χ4n) is 5.01. The zero-order chi connectivity index (χ0) is 33.8. The molecule has 248 valence electrons. The Morgan fingerprint density at radius 3 is 2.19 bits per heavy atom. The van der Waals surface area contributed by atoms with Gasteiger partial charge in [-0.2, -0.15) is 0 Å². The van der Waals surface area contributed by atoms with Crippen molar-refractivity contribution in [3.05, 3.63) is 124 Å². The normalized spacial score (nSPS) is 11.8. The first-order valence-electron chi connectivity index (χ1n) is 15.5. The summed E-state index contributed by atoms with van der Waals surface area (Å²) < 4.78 is 35.8. The van der Waals surface area contributed by atoms with Gasteiger partial charge in [0.25, 0.3) is 10.0 Å². The van der Waals surface area contributed by atoms with Gasteiger partial charge in [-0.1, -0.05) is 89.4 Å². The number of benzene rings is 4. The van der Waals surface area contributed by atoms with Crippen molar-refractivity contribution in [3.8, 4) is 5.75 Å². The lowest BCUT2D eigenvalue weighted by molar-refractivity contribution is -0.140. The molecular weight excluding hydrogens is 702 g/mol. The van der Waals surface area contributed by atoms with E-state index in [-0.39, 0.29) is 29.5 Å². The lowest BCUT2D eigenvalue weighted by atomic mass is 10.0. The van der Waals surface area contributed by atoms with Crippen molar-refractivity contribution >= 4 is 55.1 Å². The number of carbonyl (C=O) groups excluding carboxylic acids is 2. The monoisotopic (exact) mass is 739 g/mol. The number of halogens is 2. The molecule has 0 fully saturated rings. The number of sulfonamides is 1. The second kappa shape index (κ2) is 17.3. The topological polar surface area (TPSA) is 96.0 Å². The highest BCUT2D eigenvalue weighted by Crippen LogP contribution is 2.28. The Kier molecular flexibility index (Phi) is 13.3. The number of ether oxygens (including phenoxy) is 1. The van der Waals surface area contributed by atoms with Crippen LogP contribution in [0.15, 0.2) is 112 Å². The van der Waals surface area contributed by atoms with Gasteiger partial charge in [0.1, 0.15) is 18.3 Å². The number of carbonyl (C=O) groups is 2. The zero-order valence-corrected chi connectivity index (χ0v) is 29.6. The first-order valence-corrected chi connectivity index (χ1v) is 18.1. The highest BCUT2D eigenvalue weighted by molar-refractivity contribution is 9.10. The predicted molar refractivity (Wildman–Crippen MR) is 190 cm³/mol. The van der Waals surface area contributed by atoms with Crippen LogP contribution in [0.4, 0.5) is 5.69 Å². The van der Waals surface area contributed by atoms with Crippen LogP contribution in [0.2, 0.25) is 5.02 Å². The summed E-state index contributed by atoms with van der Waals surface area (Å²) in [7, 11) is -4.23. The fourth-order valence-corrected chi connectivity index (χ4v) is 6.88. The molecule has 47 heavy (non-hydrogen) atoms. The molecule has 0 radical (unpaired) electrons. The van der Waals surface area contributed by atoms with Gasteiger partial charge in [0.15, 0.2) is 0 Å². The molecule has 2 amide bonds. The molecule has 0 bridgehead atoms. The molecule has 0 aromatic heterocycles. The molecule has 8 nitrogen and oxygen atoms in total. The van der Waals surface area contributed by atoms with E-state index in [2.05, 4.69) is 21.2 Å². The van der Waals surface area contributed by atoms with Gasteiger partial charge < -0.3 is 15.0 Å². The van der Waals surface area contributed by atoms with Crippen LogP contribution in [0.5, 0.6) is 5.75 Å². The van der Waals surface area contributed by atoms with Crippen molar-refractivity contribution in [1.29, 1.82) is 0 Å². The molecule has 11 heteroatoms. The SMILES string of the molecule is CCCCNC(=O)C(Cc1ccccc1)N(Cc1ccccc1Cl)C(=O)CN(c1ccc(OCC)cc1)S(=O)(=O)c1ccc(Br)cc1. The standard InChI is InChI=1S/C36H39BrClN3O5S/c1-3-5-23-39-36(43)34(24-27-11-7-6-8-12-27)40(25-28-13-9-10-14-33(28)38)35(42)26-41(30-17-19-31(20-18-30)46-4-2)47(44,45)32-21-15-29(37)16-22-32/h6-22,34H,3-5,23-26H2,1-2H3,(H,39,43). The van der Waals surface area contributed by atoms with Crippen molar-refractivity contribution in [2.45, 2.75) is 50.6 Å². The predicted octanol–water partition coefficient (Wildman–Crippen LogP) is 7.25. The summed E-state index contributed by atoms with van der Waals surface area (Å²) in [5.74, 6) is -0.326. The van der Waals surface area contributed by atoms with Crippen molar-refractivity contribution < 1.29 is 22.7 Å². The first-order chi connectivity index (χ1) is 22.6. The maximum absolute atomic E-state index is 14.6. The highest BCUT2D eigenvalue weighted by atomic mass is 79.9. The minimum absolute atomic E-state index is 0.00729. The van der Waals surface area contributed by atoms with Crippen LogP contribution >= 0.6 is 27.5 Å². The van der Waals surface area contributed by atoms with Crippen LogP contribution in [-0.2, 0) is 32.6 Å². The Labute approximate surface area is 290 Å². The van der Waals surface area contributed by atoms with Gasteiger partial charge in [-0.3, -0.25) is 13.9 Å². The number of nitrogens with zero attached hydrogens (tertiary/aromatic N) is 2. The molecule has 4 aromatic carbocycles. The third-order valence-electron chi connectivity index (χ3n) is 7.52. The Morgan fingerprint density at radius 1 is 0.894 bits per heavy atom. The average Bonchev–Trinajstić information content (AvgIpc) is 3.07. The lowest BCUT2D eigenvalue weighted by Gasteiger charge is -2.34. The molecule has 0 saturated carbocycles. The van der Waals surface area contributed by atoms with E-state index >= 15 is 0 Å². The molecule has 0 aliphatic rings. The molecule has 0 heterocycles. The van der Waals surface area contributed by atoms with Crippen molar-refractivity contribution in [2.75, 3.05) is 24.0 Å². The molecule has 0 saturated heterocycles. The van der Waals surface area contributed by atoms with E-state index < -0.39 is 28.5 Å². The Morgan fingerprint density at radius 2 is 1.55 bits per heavy atom. The minimum Gasteiger partial charge on any atom is -0.494 e. The first kappa shape index (κ1) is 36.0. The number of hydrogen-bond donors (Lipinski definition) is 1. The van der Waals surface area contributed by atoms with E-state index in [0.29, 0.717) is 34.0 Å². The van der Waals surface area contributed by atoms with E-state index in [1.807, 2.05) is 50.2 Å². The van der Waals surface area contributed by atoms with Crippen molar-refractivity contribution in [3.63, 3.8) is 0 Å². The van der Waals surface area contributed by atoms with Crippen LogP contribution in [0.25, 0.3) is 0 Å². The molecule has 0 spiro atoms. The molecule has 0 aliphatic heterocycles. The number of anilines is 1. The summed E-state index contributed by atoms with van der Waals surface area (Å²) in [6.45, 7) is 4.21. The Balaban J connectivity index is 1.80. The Bertz CT molecular complexity index is 1720. The van der Waals surface area contributed by atoms with Crippen LogP contribution in [0.1, 0.15) is 37.8 Å². The van der Waals surface area contributed by atoms with Crippen molar-refractivity contribution in [2.24, 2.45) is 0 Å². The summed E-state index contributed by atoms with van der Waals surface area (Å²) in [6.07, 6.45) is 1.88. The van der Waals surface area contributed by atoms with E-state index in [0.717, 1.165) is 22.7 Å². The molecule has 1 N–H and O–H groups in total. The van der Waals surface area contributed by atoms with Gasteiger partial charge >= 0.3 is 0 Å². The number of nitrogens with one attached hydrogen (secondary N) is 1. The molecular formula is C36H39BrClN3O5S.